The van der Waals surface area contributed by atoms with E-state index in [1.807, 2.05) is 24.1 Å². The van der Waals surface area contributed by atoms with Crippen LogP contribution in [0.5, 0.6) is 0 Å². The van der Waals surface area contributed by atoms with Crippen molar-refractivity contribution in [2.45, 2.75) is 32.4 Å². The van der Waals surface area contributed by atoms with Gasteiger partial charge in [0.05, 0.1) is 11.5 Å². The molecule has 0 heterocycles. The number of amides is 2. The molecule has 2 aromatic rings. The number of likely N-dealkylation sites (N-methyl/N-ethyl adjacent to an activating group) is 1. The van der Waals surface area contributed by atoms with Crippen molar-refractivity contribution in [2.24, 2.45) is 0 Å². The molecule has 1 aliphatic carbocycles. The average Bonchev–Trinajstić information content (AvgIpc) is 3.47. The van der Waals surface area contributed by atoms with Crippen LogP contribution >= 0.6 is 0 Å². The molecule has 0 bridgehead atoms. The second kappa shape index (κ2) is 8.83. The Morgan fingerprint density at radius 1 is 1.17 bits per heavy atom. The maximum absolute atomic E-state index is 12.3. The monoisotopic (exact) mass is 396 g/mol. The van der Waals surface area contributed by atoms with Gasteiger partial charge in [-0.05, 0) is 50.6 Å². The number of carbonyl (C=O) groups excluding carboxylic acids is 2. The number of nitro groups is 1. The highest BCUT2D eigenvalue weighted by Crippen LogP contribution is 2.22. The zero-order valence-corrected chi connectivity index (χ0v) is 16.5. The summed E-state index contributed by atoms with van der Waals surface area (Å²) >= 11 is 0. The zero-order chi connectivity index (χ0) is 21.0. The summed E-state index contributed by atoms with van der Waals surface area (Å²) in [5.74, 6) is -0.315. The number of nitro benzene ring substituents is 1. The van der Waals surface area contributed by atoms with E-state index in [2.05, 4.69) is 10.6 Å². The minimum absolute atomic E-state index is 0.0260. The number of aryl methyl sites for hydroxylation is 1. The van der Waals surface area contributed by atoms with Crippen LogP contribution in [0.4, 0.5) is 11.4 Å². The molecule has 3 rings (SSSR count). The van der Waals surface area contributed by atoms with Crippen LogP contribution in [0.25, 0.3) is 0 Å². The maximum atomic E-state index is 12.3. The number of rotatable bonds is 8. The molecule has 29 heavy (non-hydrogen) atoms. The van der Waals surface area contributed by atoms with Crippen LogP contribution in [0.3, 0.4) is 0 Å². The average molecular weight is 396 g/mol. The molecule has 1 fully saturated rings. The molecular weight excluding hydrogens is 372 g/mol. The molecule has 0 unspecified atom stereocenters. The third-order valence-corrected chi connectivity index (χ3v) is 4.68. The Morgan fingerprint density at radius 2 is 1.86 bits per heavy atom. The first-order chi connectivity index (χ1) is 13.8. The fourth-order valence-corrected chi connectivity index (χ4v) is 2.96. The molecule has 152 valence electrons. The molecule has 0 atom stereocenters. The molecule has 0 radical (unpaired) electrons. The molecular formula is C21H24N4O4. The summed E-state index contributed by atoms with van der Waals surface area (Å²) < 4.78 is 0. The molecule has 2 N–H and O–H groups in total. The summed E-state index contributed by atoms with van der Waals surface area (Å²) in [7, 11) is 1.81. The Hall–Kier alpha value is -3.26. The molecule has 2 aromatic carbocycles. The quantitative estimate of drug-likeness (QED) is 0.527. The highest BCUT2D eigenvalue weighted by atomic mass is 16.6. The maximum Gasteiger partial charge on any atom is 0.274 e. The van der Waals surface area contributed by atoms with E-state index in [0.29, 0.717) is 29.4 Å². The first kappa shape index (κ1) is 20.5. The molecule has 0 spiro atoms. The van der Waals surface area contributed by atoms with Crippen LogP contribution in [0, 0.1) is 17.0 Å². The van der Waals surface area contributed by atoms with Gasteiger partial charge in [0.2, 0.25) is 5.91 Å². The van der Waals surface area contributed by atoms with Gasteiger partial charge in [0, 0.05) is 35.5 Å². The van der Waals surface area contributed by atoms with Crippen molar-refractivity contribution in [3.63, 3.8) is 0 Å². The number of nitrogens with zero attached hydrogens (tertiary/aromatic N) is 2. The lowest BCUT2D eigenvalue weighted by molar-refractivity contribution is -0.385. The summed E-state index contributed by atoms with van der Waals surface area (Å²) in [6.07, 6.45) is 2.10. The third kappa shape index (κ3) is 5.86. The normalized spacial score (nSPS) is 13.2. The van der Waals surface area contributed by atoms with E-state index >= 15 is 0 Å². The Bertz CT molecular complexity index is 923. The predicted octanol–water partition coefficient (Wildman–Crippen LogP) is 2.87. The number of nitrogens with one attached hydrogen (secondary N) is 2. The number of anilines is 1. The van der Waals surface area contributed by atoms with Gasteiger partial charge in [-0.2, -0.15) is 0 Å². The molecule has 1 saturated carbocycles. The van der Waals surface area contributed by atoms with Crippen LogP contribution in [0.15, 0.2) is 42.5 Å². The molecule has 8 heteroatoms. The van der Waals surface area contributed by atoms with Gasteiger partial charge in [0.25, 0.3) is 11.6 Å². The van der Waals surface area contributed by atoms with Crippen molar-refractivity contribution >= 4 is 23.2 Å². The van der Waals surface area contributed by atoms with Gasteiger partial charge in [-0.15, -0.1) is 0 Å². The van der Waals surface area contributed by atoms with Crippen molar-refractivity contribution in [1.29, 1.82) is 0 Å². The van der Waals surface area contributed by atoms with E-state index in [0.717, 1.165) is 18.4 Å². The summed E-state index contributed by atoms with van der Waals surface area (Å²) in [5.41, 5.74) is 2.52. The number of hydrogen-bond donors (Lipinski definition) is 2. The van der Waals surface area contributed by atoms with Crippen molar-refractivity contribution in [3.8, 4) is 0 Å². The van der Waals surface area contributed by atoms with E-state index in [9.17, 15) is 19.7 Å². The summed E-state index contributed by atoms with van der Waals surface area (Å²) in [6.45, 7) is 2.32. The standard InChI is InChI=1S/C21H24N4O4/c1-14-3-8-18(11-19(14)25(28)29)22-20(26)13-24(2)12-15-4-6-16(7-5-15)21(27)23-17-9-10-17/h3-8,11,17H,9-10,12-13H2,1-2H3,(H,22,26)(H,23,27). The van der Waals surface area contributed by atoms with Gasteiger partial charge >= 0.3 is 0 Å². The Morgan fingerprint density at radius 3 is 2.48 bits per heavy atom. The second-order valence-electron chi connectivity index (χ2n) is 7.42. The fraction of sp³-hybridized carbons (Fsp3) is 0.333. The van der Waals surface area contributed by atoms with Gasteiger partial charge < -0.3 is 10.6 Å². The van der Waals surface area contributed by atoms with E-state index in [1.54, 1.807) is 31.2 Å². The molecule has 1 aliphatic rings. The molecule has 0 aliphatic heterocycles. The topological polar surface area (TPSA) is 105 Å². The Balaban J connectivity index is 1.51. The largest absolute Gasteiger partial charge is 0.349 e. The molecule has 2 amide bonds. The first-order valence-electron chi connectivity index (χ1n) is 9.45. The van der Waals surface area contributed by atoms with Crippen LogP contribution < -0.4 is 10.6 Å². The van der Waals surface area contributed by atoms with Crippen LogP contribution in [-0.4, -0.2) is 41.3 Å². The van der Waals surface area contributed by atoms with Gasteiger partial charge in [-0.3, -0.25) is 24.6 Å². The van der Waals surface area contributed by atoms with E-state index in [4.69, 9.17) is 0 Å². The van der Waals surface area contributed by atoms with Gasteiger partial charge in [0.1, 0.15) is 0 Å². The highest BCUT2D eigenvalue weighted by Gasteiger charge is 2.23. The number of carbonyl (C=O) groups is 2. The van der Waals surface area contributed by atoms with Crippen LogP contribution in [0.2, 0.25) is 0 Å². The lowest BCUT2D eigenvalue weighted by atomic mass is 10.1. The minimum Gasteiger partial charge on any atom is -0.349 e. The summed E-state index contributed by atoms with van der Waals surface area (Å²) in [6, 6.07) is 12.3. The third-order valence-electron chi connectivity index (χ3n) is 4.68. The van der Waals surface area contributed by atoms with Gasteiger partial charge in [0.15, 0.2) is 0 Å². The number of hydrogen-bond acceptors (Lipinski definition) is 5. The first-order valence-corrected chi connectivity index (χ1v) is 9.45. The molecule has 0 saturated heterocycles. The highest BCUT2D eigenvalue weighted by molar-refractivity contribution is 5.94. The Kier molecular flexibility index (Phi) is 6.23. The van der Waals surface area contributed by atoms with E-state index in [1.165, 1.54) is 6.07 Å². The van der Waals surface area contributed by atoms with Crippen LogP contribution in [-0.2, 0) is 11.3 Å². The van der Waals surface area contributed by atoms with E-state index in [-0.39, 0.29) is 24.0 Å². The van der Waals surface area contributed by atoms with Crippen molar-refractivity contribution in [3.05, 3.63) is 69.3 Å². The zero-order valence-electron chi connectivity index (χ0n) is 16.5. The lowest BCUT2D eigenvalue weighted by Crippen LogP contribution is -2.30. The van der Waals surface area contributed by atoms with Gasteiger partial charge in [-0.25, -0.2) is 0 Å². The lowest BCUT2D eigenvalue weighted by Gasteiger charge is -2.16. The number of benzene rings is 2. The smallest absolute Gasteiger partial charge is 0.274 e. The minimum atomic E-state index is -0.467. The predicted molar refractivity (Wildman–Crippen MR) is 110 cm³/mol. The fourth-order valence-electron chi connectivity index (χ4n) is 2.96. The molecule has 0 aromatic heterocycles. The Labute approximate surface area is 169 Å². The SMILES string of the molecule is Cc1ccc(NC(=O)CN(C)Cc2ccc(C(=O)NC3CC3)cc2)cc1[N+](=O)[O-]. The van der Waals surface area contributed by atoms with Crippen molar-refractivity contribution in [1.82, 2.24) is 10.2 Å². The second-order valence-corrected chi connectivity index (χ2v) is 7.42. The van der Waals surface area contributed by atoms with E-state index < -0.39 is 4.92 Å². The summed E-state index contributed by atoms with van der Waals surface area (Å²) in [5, 5.41) is 16.7. The van der Waals surface area contributed by atoms with Crippen molar-refractivity contribution < 1.29 is 14.5 Å². The van der Waals surface area contributed by atoms with Crippen molar-refractivity contribution in [2.75, 3.05) is 18.9 Å². The molecule has 8 nitrogen and oxygen atoms in total. The van der Waals surface area contributed by atoms with Gasteiger partial charge in [-0.1, -0.05) is 18.2 Å². The summed E-state index contributed by atoms with van der Waals surface area (Å²) in [4.78, 5) is 36.7. The van der Waals surface area contributed by atoms with Crippen LogP contribution in [0.1, 0.15) is 34.3 Å².